The number of carbonyl (C=O) groups excluding carboxylic acids is 3. The van der Waals surface area contributed by atoms with Gasteiger partial charge < -0.3 is 0 Å². The van der Waals surface area contributed by atoms with Crippen LogP contribution in [0.1, 0.15) is 47.4 Å². The minimum atomic E-state index is -5.16. The van der Waals surface area contributed by atoms with Gasteiger partial charge in [0.25, 0.3) is 0 Å². The van der Waals surface area contributed by atoms with E-state index >= 15 is 0 Å². The summed E-state index contributed by atoms with van der Waals surface area (Å²) in [4.78, 5) is 42.7. The van der Waals surface area contributed by atoms with E-state index in [2.05, 4.69) is 14.1 Å². The molecule has 0 amide bonds. The molecule has 0 bridgehead atoms. The maximum absolute atomic E-state index is 14.5. The van der Waals surface area contributed by atoms with Crippen LogP contribution in [0.2, 0.25) is 0 Å². The summed E-state index contributed by atoms with van der Waals surface area (Å²) >= 11 is 0. The number of rotatable bonds is 15. The van der Waals surface area contributed by atoms with Gasteiger partial charge in [0.15, 0.2) is 0 Å². The summed E-state index contributed by atoms with van der Waals surface area (Å²) < 4.78 is 84.3. The van der Waals surface area contributed by atoms with Crippen molar-refractivity contribution in [2.45, 2.75) is 69.7 Å². The predicted octanol–water partition coefficient (Wildman–Crippen LogP) is 5.63. The summed E-state index contributed by atoms with van der Waals surface area (Å²) in [6, 6.07) is 23.1. The average Bonchev–Trinajstić information content (AvgIpc) is 3.14. The number of ether oxygens (including phenoxy) is 6. The predicted molar refractivity (Wildman–Crippen MR) is 188 cm³/mol. The van der Waals surface area contributed by atoms with Gasteiger partial charge in [0, 0.05) is 0 Å². The van der Waals surface area contributed by atoms with E-state index in [-0.39, 0.29) is 23.4 Å². The molecule has 7 atom stereocenters. The molecular formula is C35H37B2F3NO10P. The molecule has 1 heterocycles. The Morgan fingerprint density at radius 2 is 1.44 bits per heavy atom. The number of carbonyl (C=O) groups is 3. The normalized spacial score (nSPS) is 20.9. The van der Waals surface area contributed by atoms with Gasteiger partial charge in [-0.15, -0.1) is 0 Å². The molecular weight excluding hydrogens is 704 g/mol. The number of benzene rings is 3. The Hall–Kier alpha value is -4.39. The fourth-order valence-corrected chi connectivity index (χ4v) is 5.15. The molecule has 0 aromatic heterocycles. The molecule has 0 aliphatic carbocycles. The van der Waals surface area contributed by atoms with E-state index in [4.69, 9.17) is 33.1 Å². The van der Waals surface area contributed by atoms with Crippen molar-refractivity contribution >= 4 is 52.1 Å². The van der Waals surface area contributed by atoms with E-state index in [0.717, 1.165) is 6.92 Å². The van der Waals surface area contributed by atoms with Gasteiger partial charge in [-0.25, -0.2) is 0 Å². The number of aliphatic imine (C=N–C) groups is 1. The van der Waals surface area contributed by atoms with Crippen molar-refractivity contribution in [3.63, 3.8) is 0 Å². The van der Waals surface area contributed by atoms with Crippen LogP contribution >= 0.6 is 9.12 Å². The second kappa shape index (κ2) is 20.0. The molecule has 1 aliphatic heterocycles. The van der Waals surface area contributed by atoms with Crippen LogP contribution in [0, 0.1) is 0 Å². The molecule has 1 saturated heterocycles. The third-order valence-electron chi connectivity index (χ3n) is 7.44. The van der Waals surface area contributed by atoms with Crippen LogP contribution in [-0.4, -0.2) is 93.5 Å². The number of para-hydroxylation sites is 1. The monoisotopic (exact) mass is 741 g/mol. The van der Waals surface area contributed by atoms with Crippen molar-refractivity contribution in [2.24, 2.45) is 4.99 Å². The molecule has 3 unspecified atom stereocenters. The van der Waals surface area contributed by atoms with E-state index in [0.29, 0.717) is 12.8 Å². The van der Waals surface area contributed by atoms with Gasteiger partial charge in [0.1, 0.15) is 0 Å². The van der Waals surface area contributed by atoms with Crippen molar-refractivity contribution in [2.75, 3.05) is 13.2 Å². The first-order chi connectivity index (χ1) is 25.0. The van der Waals surface area contributed by atoms with Gasteiger partial charge in [-0.2, -0.15) is 0 Å². The van der Waals surface area contributed by atoms with Gasteiger partial charge in [0.05, 0.1) is 0 Å². The van der Waals surface area contributed by atoms with Crippen LogP contribution in [0.5, 0.6) is 0 Å². The van der Waals surface area contributed by atoms with Gasteiger partial charge in [-0.3, -0.25) is 0 Å². The molecule has 17 heteroatoms. The minimum absolute atomic E-state index is 0.0825. The number of hydrogen-bond donors (Lipinski definition) is 0. The Labute approximate surface area is 302 Å². The molecule has 0 spiro atoms. The number of halogens is 3. The summed E-state index contributed by atoms with van der Waals surface area (Å²) in [5.74, 6) is -4.33. The van der Waals surface area contributed by atoms with Crippen molar-refractivity contribution in [3.05, 3.63) is 102 Å². The molecule has 0 saturated carbocycles. The Balaban J connectivity index is 1.82. The van der Waals surface area contributed by atoms with Gasteiger partial charge in [-0.1, -0.05) is 0 Å². The molecule has 11 nitrogen and oxygen atoms in total. The summed E-state index contributed by atoms with van der Waals surface area (Å²) in [5.41, 5.74) is 0.216. The quantitative estimate of drug-likeness (QED) is 0.0368. The Kier molecular flexibility index (Phi) is 15.5. The van der Waals surface area contributed by atoms with Crippen LogP contribution in [-0.2, 0) is 37.9 Å². The molecule has 4 rings (SSSR count). The zero-order chi connectivity index (χ0) is 37.5. The number of alkyl halides is 3. The van der Waals surface area contributed by atoms with E-state index < -0.39 is 73.4 Å². The summed E-state index contributed by atoms with van der Waals surface area (Å²) in [6.45, 7) is 4.00. The zero-order valence-electron chi connectivity index (χ0n) is 28.3. The first kappa shape index (κ1) is 40.4. The molecule has 274 valence electrons. The Bertz CT molecular complexity index is 1650. The van der Waals surface area contributed by atoms with Crippen molar-refractivity contribution in [1.29, 1.82) is 0 Å². The number of nitrogens with zero attached hydrogens (tertiary/aromatic N) is 1. The summed E-state index contributed by atoms with van der Waals surface area (Å²) in [6.07, 6.45) is -13.6. The molecule has 0 radical (unpaired) electrons. The SMILES string of the molecule is CCCCO[C@@H](COC(=O)c1ccccc1)C1O[C@@H](O/C(=N/c2ccccc2)C(F)(F)F)[C@H](OC(C)=O)C(OC(=O)c2ccccc2)[C@@H]1OB=BP. The molecule has 3 aromatic rings. The standard InChI is InChI=1S/C35H37B2F3NO10P/c1-3-4-20-45-26(21-46-31(43)23-14-8-5-9-15-23)27-29(51-36-37-52)28(48-32(44)24-16-10-6-11-17-24)30(47-22(2)42)33(49-27)50-34(35(38,39)40)41-25-18-12-7-13-19-25/h5-19,26-30,33H,3-4,20-21,52H2,1-2H3/b41-34+/t26-,27?,28?,29+,30+,33-/m0/s1. The first-order valence-electron chi connectivity index (χ1n) is 16.3. The maximum atomic E-state index is 14.5. The van der Waals surface area contributed by atoms with Crippen LogP contribution in [0.3, 0.4) is 0 Å². The van der Waals surface area contributed by atoms with Gasteiger partial charge in [-0.05, 0) is 0 Å². The van der Waals surface area contributed by atoms with Crippen molar-refractivity contribution in [3.8, 4) is 0 Å². The Morgan fingerprint density at radius 1 is 0.846 bits per heavy atom. The van der Waals surface area contributed by atoms with Gasteiger partial charge in [0.2, 0.25) is 0 Å². The second-order valence-corrected chi connectivity index (χ2v) is 11.7. The van der Waals surface area contributed by atoms with E-state index in [9.17, 15) is 27.6 Å². The molecule has 1 fully saturated rings. The number of esters is 3. The van der Waals surface area contributed by atoms with E-state index in [1.807, 2.05) is 6.92 Å². The topological polar surface area (TPSA) is 128 Å². The van der Waals surface area contributed by atoms with Crippen LogP contribution in [0.15, 0.2) is 96.0 Å². The second-order valence-electron chi connectivity index (χ2n) is 11.3. The fraction of sp³-hybridized carbons (Fsp3) is 0.371. The molecule has 1 aliphatic rings. The number of hydrogen-bond acceptors (Lipinski definition) is 11. The average molecular weight is 741 g/mol. The van der Waals surface area contributed by atoms with E-state index in [1.165, 1.54) is 49.9 Å². The summed E-state index contributed by atoms with van der Waals surface area (Å²) in [7, 11) is 3.50. The van der Waals surface area contributed by atoms with Crippen LogP contribution in [0.4, 0.5) is 18.9 Å². The summed E-state index contributed by atoms with van der Waals surface area (Å²) in [5, 5.41) is 0. The first-order valence-corrected chi connectivity index (χ1v) is 17.0. The molecule has 52 heavy (non-hydrogen) atoms. The van der Waals surface area contributed by atoms with Crippen LogP contribution in [0.25, 0.3) is 0 Å². The fourth-order valence-electron chi connectivity index (χ4n) is 5.06. The molecule has 0 N–H and O–H groups in total. The third-order valence-corrected chi connectivity index (χ3v) is 7.60. The van der Waals surface area contributed by atoms with Crippen molar-refractivity contribution in [1.82, 2.24) is 0 Å². The molecule has 3 aromatic carbocycles. The van der Waals surface area contributed by atoms with E-state index in [1.54, 1.807) is 54.6 Å². The number of unbranched alkanes of at least 4 members (excludes halogenated alkanes) is 1. The van der Waals surface area contributed by atoms with Crippen molar-refractivity contribution < 1.29 is 60.6 Å². The zero-order valence-corrected chi connectivity index (χ0v) is 29.5. The van der Waals surface area contributed by atoms with Crippen LogP contribution < -0.4 is 0 Å². The Morgan fingerprint density at radius 3 is 2.00 bits per heavy atom. The van der Waals surface area contributed by atoms with Gasteiger partial charge >= 0.3 is 303 Å². The third kappa shape index (κ3) is 11.8.